The van der Waals surface area contributed by atoms with Crippen LogP contribution in [-0.2, 0) is 9.59 Å². The van der Waals surface area contributed by atoms with E-state index in [9.17, 15) is 14.7 Å². The molecule has 0 saturated carbocycles. The lowest BCUT2D eigenvalue weighted by molar-refractivity contribution is -0.147. The van der Waals surface area contributed by atoms with Gasteiger partial charge < -0.3 is 10.4 Å². The molecule has 4 nitrogen and oxygen atoms in total. The zero-order chi connectivity index (χ0) is 14.4. The number of hydrogen-bond acceptors (Lipinski definition) is 2. The Morgan fingerprint density at radius 1 is 1.16 bits per heavy atom. The number of nitrogens with one attached hydrogen (secondary N) is 1. The first-order valence-electron chi connectivity index (χ1n) is 7.13. The summed E-state index contributed by atoms with van der Waals surface area (Å²) in [5.41, 5.74) is 2.27. The van der Waals surface area contributed by atoms with E-state index in [2.05, 4.69) is 12.2 Å². The van der Waals surface area contributed by atoms with E-state index in [1.165, 1.54) is 0 Å². The van der Waals surface area contributed by atoms with Crippen molar-refractivity contribution < 1.29 is 14.7 Å². The molecule has 2 atom stereocenters. The van der Waals surface area contributed by atoms with Gasteiger partial charge in [0.15, 0.2) is 0 Å². The van der Waals surface area contributed by atoms with Crippen LogP contribution in [0, 0.1) is 11.8 Å². The Morgan fingerprint density at radius 3 is 2.26 bits per heavy atom. The first kappa shape index (κ1) is 15.7. The van der Waals surface area contributed by atoms with Crippen LogP contribution in [0.15, 0.2) is 11.1 Å². The fraction of sp³-hybridized carbons (Fsp3) is 0.733. The highest BCUT2D eigenvalue weighted by Crippen LogP contribution is 2.34. The number of amides is 1. The maximum atomic E-state index is 12.1. The molecule has 0 heterocycles. The molecule has 0 aliphatic heterocycles. The molecule has 0 radical (unpaired) electrons. The normalized spacial score (nSPS) is 23.3. The van der Waals surface area contributed by atoms with Gasteiger partial charge in [0.2, 0.25) is 5.91 Å². The van der Waals surface area contributed by atoms with Crippen LogP contribution >= 0.6 is 0 Å². The van der Waals surface area contributed by atoms with Gasteiger partial charge in [0.1, 0.15) is 0 Å². The monoisotopic (exact) mass is 267 g/mol. The molecule has 0 aromatic heterocycles. The molecule has 4 heteroatoms. The number of carbonyl (C=O) groups is 2. The van der Waals surface area contributed by atoms with Crippen LogP contribution in [0.5, 0.6) is 0 Å². The van der Waals surface area contributed by atoms with Crippen LogP contribution in [0.2, 0.25) is 0 Å². The average molecular weight is 267 g/mol. The van der Waals surface area contributed by atoms with Crippen LogP contribution in [-0.4, -0.2) is 23.5 Å². The lowest BCUT2D eigenvalue weighted by Crippen LogP contribution is -2.40. The fourth-order valence-corrected chi connectivity index (χ4v) is 2.55. The van der Waals surface area contributed by atoms with Crippen molar-refractivity contribution in [2.75, 3.05) is 6.54 Å². The second kappa shape index (κ2) is 7.31. The number of unbranched alkanes of at least 4 members (excludes halogenated alkanes) is 2. The van der Waals surface area contributed by atoms with E-state index in [1.807, 2.05) is 13.8 Å². The molecule has 2 N–H and O–H groups in total. The molecule has 0 spiro atoms. The van der Waals surface area contributed by atoms with Crippen molar-refractivity contribution in [1.82, 2.24) is 5.32 Å². The minimum absolute atomic E-state index is 0.102. The van der Waals surface area contributed by atoms with Gasteiger partial charge in [-0.15, -0.1) is 0 Å². The van der Waals surface area contributed by atoms with Gasteiger partial charge in [0, 0.05) is 6.54 Å². The molecule has 1 aliphatic carbocycles. The van der Waals surface area contributed by atoms with Gasteiger partial charge in [-0.3, -0.25) is 9.59 Å². The van der Waals surface area contributed by atoms with E-state index in [0.717, 1.165) is 30.4 Å². The van der Waals surface area contributed by atoms with Gasteiger partial charge >= 0.3 is 5.97 Å². The van der Waals surface area contributed by atoms with Crippen LogP contribution in [0.4, 0.5) is 0 Å². The molecule has 0 aromatic rings. The van der Waals surface area contributed by atoms with E-state index in [-0.39, 0.29) is 5.91 Å². The molecule has 0 saturated heterocycles. The van der Waals surface area contributed by atoms with E-state index in [0.29, 0.717) is 19.4 Å². The second-order valence-electron chi connectivity index (χ2n) is 5.52. The lowest BCUT2D eigenvalue weighted by Gasteiger charge is -2.29. The third-order valence-corrected chi connectivity index (χ3v) is 4.00. The highest BCUT2D eigenvalue weighted by molar-refractivity contribution is 5.85. The van der Waals surface area contributed by atoms with E-state index in [1.54, 1.807) is 0 Å². The number of carbonyl (C=O) groups excluding carboxylic acids is 1. The zero-order valence-corrected chi connectivity index (χ0v) is 12.2. The standard InChI is InChI=1S/C15H25NO3/c1-4-5-6-7-16-14(17)12-8-10(2)11(3)9-13(12)15(18)19/h12-13H,4-9H2,1-3H3,(H,16,17)(H,18,19)/t12-,13-/m0/s1. The summed E-state index contributed by atoms with van der Waals surface area (Å²) in [5.74, 6) is -1.95. The quantitative estimate of drug-likeness (QED) is 0.574. The van der Waals surface area contributed by atoms with Crippen molar-refractivity contribution in [3.63, 3.8) is 0 Å². The lowest BCUT2D eigenvalue weighted by atomic mass is 9.76. The first-order chi connectivity index (χ1) is 8.97. The third-order valence-electron chi connectivity index (χ3n) is 4.00. The molecule has 1 amide bonds. The van der Waals surface area contributed by atoms with Gasteiger partial charge in [-0.2, -0.15) is 0 Å². The van der Waals surface area contributed by atoms with Crippen molar-refractivity contribution in [3.8, 4) is 0 Å². The summed E-state index contributed by atoms with van der Waals surface area (Å²) in [7, 11) is 0. The average Bonchev–Trinajstić information content (AvgIpc) is 2.36. The summed E-state index contributed by atoms with van der Waals surface area (Å²) in [6.07, 6.45) is 4.22. The van der Waals surface area contributed by atoms with Gasteiger partial charge in [0.05, 0.1) is 11.8 Å². The number of rotatable bonds is 6. The highest BCUT2D eigenvalue weighted by atomic mass is 16.4. The molecule has 19 heavy (non-hydrogen) atoms. The van der Waals surface area contributed by atoms with Gasteiger partial charge in [0.25, 0.3) is 0 Å². The van der Waals surface area contributed by atoms with Crippen LogP contribution in [0.3, 0.4) is 0 Å². The minimum atomic E-state index is -0.861. The Balaban J connectivity index is 2.62. The maximum absolute atomic E-state index is 12.1. The third kappa shape index (κ3) is 4.37. The van der Waals surface area contributed by atoms with Crippen molar-refractivity contribution in [2.45, 2.75) is 52.9 Å². The van der Waals surface area contributed by atoms with Crippen LogP contribution in [0.1, 0.15) is 52.9 Å². The van der Waals surface area contributed by atoms with Crippen LogP contribution in [0.25, 0.3) is 0 Å². The Bertz CT molecular complexity index is 374. The van der Waals surface area contributed by atoms with Gasteiger partial charge in [-0.05, 0) is 33.1 Å². The molecule has 0 unspecified atom stereocenters. The molecule has 0 aromatic carbocycles. The highest BCUT2D eigenvalue weighted by Gasteiger charge is 2.36. The van der Waals surface area contributed by atoms with Crippen molar-refractivity contribution in [3.05, 3.63) is 11.1 Å². The molecule has 108 valence electrons. The van der Waals surface area contributed by atoms with Crippen molar-refractivity contribution >= 4 is 11.9 Å². The Morgan fingerprint density at radius 2 is 1.74 bits per heavy atom. The zero-order valence-electron chi connectivity index (χ0n) is 12.2. The number of carboxylic acid groups (broad SMARTS) is 1. The molecule has 1 aliphatic rings. The minimum Gasteiger partial charge on any atom is -0.481 e. The predicted octanol–water partition coefficient (Wildman–Crippen LogP) is 2.74. The summed E-state index contributed by atoms with van der Waals surface area (Å²) in [5, 5.41) is 12.2. The van der Waals surface area contributed by atoms with Crippen LogP contribution < -0.4 is 5.32 Å². The predicted molar refractivity (Wildman–Crippen MR) is 74.8 cm³/mol. The maximum Gasteiger partial charge on any atom is 0.307 e. The second-order valence-corrected chi connectivity index (χ2v) is 5.52. The first-order valence-corrected chi connectivity index (χ1v) is 7.13. The molecular formula is C15H25NO3. The Labute approximate surface area is 115 Å². The largest absolute Gasteiger partial charge is 0.481 e. The summed E-state index contributed by atoms with van der Waals surface area (Å²) < 4.78 is 0. The summed E-state index contributed by atoms with van der Waals surface area (Å²) in [6.45, 7) is 6.71. The number of carboxylic acids is 1. The summed E-state index contributed by atoms with van der Waals surface area (Å²) >= 11 is 0. The number of allylic oxidation sites excluding steroid dienone is 2. The van der Waals surface area contributed by atoms with E-state index in [4.69, 9.17) is 0 Å². The van der Waals surface area contributed by atoms with E-state index >= 15 is 0 Å². The Kier molecular flexibility index (Phi) is 6.06. The smallest absolute Gasteiger partial charge is 0.307 e. The van der Waals surface area contributed by atoms with Crippen molar-refractivity contribution in [1.29, 1.82) is 0 Å². The summed E-state index contributed by atoms with van der Waals surface area (Å²) in [4.78, 5) is 23.4. The molecule has 0 bridgehead atoms. The topological polar surface area (TPSA) is 66.4 Å². The summed E-state index contributed by atoms with van der Waals surface area (Å²) in [6, 6.07) is 0. The number of hydrogen-bond donors (Lipinski definition) is 2. The number of aliphatic carboxylic acids is 1. The van der Waals surface area contributed by atoms with Gasteiger partial charge in [-0.25, -0.2) is 0 Å². The molecule has 1 rings (SSSR count). The van der Waals surface area contributed by atoms with Crippen molar-refractivity contribution in [2.24, 2.45) is 11.8 Å². The Hall–Kier alpha value is -1.32. The fourth-order valence-electron chi connectivity index (χ4n) is 2.55. The molecular weight excluding hydrogens is 242 g/mol. The van der Waals surface area contributed by atoms with E-state index < -0.39 is 17.8 Å². The molecule has 0 fully saturated rings. The SMILES string of the molecule is CCCCCNC(=O)[C@H]1CC(C)=C(C)C[C@@H]1C(=O)O. The van der Waals surface area contributed by atoms with Gasteiger partial charge in [-0.1, -0.05) is 30.9 Å².